The van der Waals surface area contributed by atoms with Crippen LogP contribution in [0.1, 0.15) is 15.9 Å². The fourth-order valence-electron chi connectivity index (χ4n) is 2.48. The Balaban J connectivity index is 1.92. The number of hydrogen-bond acceptors (Lipinski definition) is 6. The fourth-order valence-corrected chi connectivity index (χ4v) is 2.48. The average Bonchev–Trinajstić information content (AvgIpc) is 2.67. The van der Waals surface area contributed by atoms with Crippen LogP contribution >= 0.6 is 0 Å². The van der Waals surface area contributed by atoms with Crippen LogP contribution in [0.2, 0.25) is 0 Å². The van der Waals surface area contributed by atoms with Crippen molar-refractivity contribution in [1.29, 1.82) is 0 Å². The van der Waals surface area contributed by atoms with Gasteiger partial charge in [0.15, 0.2) is 5.82 Å². The molecule has 0 amide bonds. The van der Waals surface area contributed by atoms with E-state index in [1.165, 1.54) is 43.8 Å². The summed E-state index contributed by atoms with van der Waals surface area (Å²) in [7, 11) is 1.20. The molecule has 0 radical (unpaired) electrons. The van der Waals surface area contributed by atoms with Crippen LogP contribution < -0.4 is 5.32 Å². The molecule has 6 nitrogen and oxygen atoms in total. The van der Waals surface area contributed by atoms with E-state index < -0.39 is 17.7 Å². The van der Waals surface area contributed by atoms with Crippen molar-refractivity contribution in [3.8, 4) is 17.0 Å². The summed E-state index contributed by atoms with van der Waals surface area (Å²) in [6.45, 7) is 0. The molecule has 0 saturated carbocycles. The van der Waals surface area contributed by atoms with Crippen LogP contribution in [0.15, 0.2) is 54.9 Å². The number of ether oxygens (including phenoxy) is 1. The minimum atomic E-state index is -4.42. The summed E-state index contributed by atoms with van der Waals surface area (Å²) in [4.78, 5) is 19.9. The van der Waals surface area contributed by atoms with E-state index in [1.54, 1.807) is 6.07 Å². The largest absolute Gasteiger partial charge is 0.507 e. The molecule has 0 aliphatic heterocycles. The molecule has 3 aromatic rings. The molecule has 28 heavy (non-hydrogen) atoms. The molecule has 2 aromatic carbocycles. The highest BCUT2D eigenvalue weighted by molar-refractivity contribution is 5.93. The van der Waals surface area contributed by atoms with Crippen LogP contribution in [-0.2, 0) is 10.9 Å². The van der Waals surface area contributed by atoms with Crippen LogP contribution in [0, 0.1) is 0 Å². The van der Waals surface area contributed by atoms with E-state index in [9.17, 15) is 23.1 Å². The molecule has 0 spiro atoms. The minimum Gasteiger partial charge on any atom is -0.507 e. The predicted molar refractivity (Wildman–Crippen MR) is 95.2 cm³/mol. The summed E-state index contributed by atoms with van der Waals surface area (Å²) in [5.74, 6) is -0.714. The lowest BCUT2D eigenvalue weighted by atomic mass is 10.1. The number of esters is 1. The number of nitrogens with zero attached hydrogens (tertiary/aromatic N) is 2. The Morgan fingerprint density at radius 2 is 1.75 bits per heavy atom. The van der Waals surface area contributed by atoms with Gasteiger partial charge in [-0.05, 0) is 36.4 Å². The zero-order valence-electron chi connectivity index (χ0n) is 14.5. The zero-order valence-corrected chi connectivity index (χ0v) is 14.5. The van der Waals surface area contributed by atoms with Gasteiger partial charge in [-0.3, -0.25) is 4.98 Å². The molecule has 0 bridgehead atoms. The summed E-state index contributed by atoms with van der Waals surface area (Å²) < 4.78 is 42.6. The van der Waals surface area contributed by atoms with E-state index in [2.05, 4.69) is 20.0 Å². The quantitative estimate of drug-likeness (QED) is 0.644. The first kappa shape index (κ1) is 19.2. The predicted octanol–water partition coefficient (Wildman–Crippen LogP) is 4.40. The molecule has 0 aliphatic carbocycles. The maximum Gasteiger partial charge on any atom is 0.416 e. The molecular formula is C19H14F3N3O3. The highest BCUT2D eigenvalue weighted by atomic mass is 19.4. The molecule has 0 aliphatic rings. The molecule has 0 fully saturated rings. The molecule has 3 rings (SSSR count). The highest BCUT2D eigenvalue weighted by Crippen LogP contribution is 2.32. The van der Waals surface area contributed by atoms with E-state index in [0.717, 1.165) is 12.1 Å². The zero-order chi connectivity index (χ0) is 20.3. The van der Waals surface area contributed by atoms with Crippen molar-refractivity contribution >= 4 is 17.5 Å². The third-order valence-electron chi connectivity index (χ3n) is 3.85. The number of hydrogen-bond donors (Lipinski definition) is 2. The van der Waals surface area contributed by atoms with Gasteiger partial charge in [0.25, 0.3) is 0 Å². The number of rotatable bonds is 4. The maximum absolute atomic E-state index is 12.7. The number of nitrogens with one attached hydrogen (secondary N) is 1. The summed E-state index contributed by atoms with van der Waals surface area (Å²) >= 11 is 0. The van der Waals surface area contributed by atoms with Gasteiger partial charge in [-0.1, -0.05) is 6.07 Å². The topological polar surface area (TPSA) is 84.3 Å². The number of halogens is 3. The van der Waals surface area contributed by atoms with Crippen LogP contribution in [0.25, 0.3) is 11.3 Å². The minimum absolute atomic E-state index is 0.00705. The van der Waals surface area contributed by atoms with E-state index in [0.29, 0.717) is 16.9 Å². The molecule has 2 N–H and O–H groups in total. The van der Waals surface area contributed by atoms with Crippen molar-refractivity contribution in [2.24, 2.45) is 0 Å². The van der Waals surface area contributed by atoms with Crippen molar-refractivity contribution in [3.63, 3.8) is 0 Å². The van der Waals surface area contributed by atoms with Gasteiger partial charge in [0.2, 0.25) is 0 Å². The normalized spacial score (nSPS) is 11.1. The molecule has 9 heteroatoms. The first-order valence-electron chi connectivity index (χ1n) is 7.96. The van der Waals surface area contributed by atoms with Gasteiger partial charge in [0.05, 0.1) is 12.7 Å². The lowest BCUT2D eigenvalue weighted by molar-refractivity contribution is -0.137. The Kier molecular flexibility index (Phi) is 5.16. The van der Waals surface area contributed by atoms with Gasteiger partial charge in [0, 0.05) is 23.6 Å². The summed E-state index contributed by atoms with van der Waals surface area (Å²) in [5.41, 5.74) is 0.403. The lowest BCUT2D eigenvalue weighted by Gasteiger charge is -2.12. The molecular weight excluding hydrogens is 375 g/mol. The second-order valence-electron chi connectivity index (χ2n) is 5.68. The van der Waals surface area contributed by atoms with Crippen molar-refractivity contribution in [1.82, 2.24) is 9.97 Å². The Morgan fingerprint density at radius 3 is 2.36 bits per heavy atom. The molecule has 1 aromatic heterocycles. The van der Waals surface area contributed by atoms with Gasteiger partial charge >= 0.3 is 12.1 Å². The number of alkyl halides is 3. The number of phenols is 1. The Bertz CT molecular complexity index is 1010. The third-order valence-corrected chi connectivity index (χ3v) is 3.85. The van der Waals surface area contributed by atoms with Crippen LogP contribution in [0.3, 0.4) is 0 Å². The van der Waals surface area contributed by atoms with Crippen molar-refractivity contribution in [2.75, 3.05) is 12.4 Å². The van der Waals surface area contributed by atoms with Crippen LogP contribution in [-0.4, -0.2) is 28.2 Å². The van der Waals surface area contributed by atoms with Crippen molar-refractivity contribution < 1.29 is 27.8 Å². The molecule has 1 heterocycles. The number of carbonyl (C=O) groups excluding carboxylic acids is 1. The Morgan fingerprint density at radius 1 is 1.07 bits per heavy atom. The second-order valence-corrected chi connectivity index (χ2v) is 5.68. The summed E-state index contributed by atoms with van der Waals surface area (Å²) in [6.07, 6.45) is -1.58. The van der Waals surface area contributed by atoms with E-state index in [4.69, 9.17) is 0 Å². The monoisotopic (exact) mass is 389 g/mol. The van der Waals surface area contributed by atoms with Gasteiger partial charge in [-0.25, -0.2) is 9.78 Å². The van der Waals surface area contributed by atoms with Gasteiger partial charge in [0.1, 0.15) is 17.0 Å². The number of benzene rings is 2. The number of carbonyl (C=O) groups is 1. The Hall–Kier alpha value is -3.62. The Labute approximate surface area is 157 Å². The standard InChI is InChI=1S/C19H14F3N3O3/c1-28-18(27)14-7-2-11(10-15(14)26)16-17(24-9-8-23-16)25-13-5-3-12(4-6-13)19(20,21)22/h2-10,26H,1H3,(H,24,25). The van der Waals surface area contributed by atoms with Crippen molar-refractivity contribution in [2.45, 2.75) is 6.18 Å². The number of anilines is 2. The highest BCUT2D eigenvalue weighted by Gasteiger charge is 2.30. The van der Waals surface area contributed by atoms with Crippen LogP contribution in [0.4, 0.5) is 24.7 Å². The third kappa shape index (κ3) is 4.03. The SMILES string of the molecule is COC(=O)c1ccc(-c2nccnc2Nc2ccc(C(F)(F)F)cc2)cc1O. The molecule has 0 unspecified atom stereocenters. The number of phenolic OH excluding ortho intramolecular Hbond substituents is 1. The number of methoxy groups -OCH3 is 1. The van der Waals surface area contributed by atoms with Gasteiger partial charge in [-0.15, -0.1) is 0 Å². The van der Waals surface area contributed by atoms with Crippen molar-refractivity contribution in [3.05, 3.63) is 66.0 Å². The smallest absolute Gasteiger partial charge is 0.416 e. The second kappa shape index (κ2) is 7.55. The maximum atomic E-state index is 12.7. The van der Waals surface area contributed by atoms with E-state index in [-0.39, 0.29) is 17.1 Å². The molecule has 0 saturated heterocycles. The first-order valence-corrected chi connectivity index (χ1v) is 7.96. The summed E-state index contributed by atoms with van der Waals surface area (Å²) in [6, 6.07) is 8.72. The van der Waals surface area contributed by atoms with E-state index in [1.807, 2.05) is 0 Å². The summed E-state index contributed by atoms with van der Waals surface area (Å²) in [5, 5.41) is 13.0. The fraction of sp³-hybridized carbons (Fsp3) is 0.105. The molecule has 0 atom stereocenters. The average molecular weight is 389 g/mol. The van der Waals surface area contributed by atoms with E-state index >= 15 is 0 Å². The van der Waals surface area contributed by atoms with Crippen LogP contribution in [0.5, 0.6) is 5.75 Å². The van der Waals surface area contributed by atoms with Gasteiger partial charge in [-0.2, -0.15) is 13.2 Å². The first-order chi connectivity index (χ1) is 13.3. The number of aromatic nitrogens is 2. The number of aromatic hydroxyl groups is 1. The van der Waals surface area contributed by atoms with Gasteiger partial charge < -0.3 is 15.2 Å². The lowest BCUT2D eigenvalue weighted by Crippen LogP contribution is -2.05. The molecule has 144 valence electrons.